The molecule has 3 heterocycles. The van der Waals surface area contributed by atoms with Gasteiger partial charge in [0.15, 0.2) is 0 Å². The van der Waals surface area contributed by atoms with Gasteiger partial charge in [-0.05, 0) is 111 Å². The summed E-state index contributed by atoms with van der Waals surface area (Å²) in [6.07, 6.45) is -12.2. The smallest absolute Gasteiger partial charge is 0.371 e. The molecule has 2 aliphatic heterocycles. The summed E-state index contributed by atoms with van der Waals surface area (Å²) >= 11 is 0. The number of piperidine rings is 1. The molecular weight excluding hydrogens is 641 g/mol. The lowest BCUT2D eigenvalue weighted by Gasteiger charge is -2.37. The molecule has 1 saturated heterocycles. The van der Waals surface area contributed by atoms with Gasteiger partial charge in [0.1, 0.15) is 0 Å². The van der Waals surface area contributed by atoms with E-state index in [4.69, 9.17) is 0 Å². The van der Waals surface area contributed by atoms with Crippen molar-refractivity contribution in [3.63, 3.8) is 0 Å². The van der Waals surface area contributed by atoms with E-state index in [-0.39, 0.29) is 34.6 Å². The molecule has 0 radical (unpaired) electrons. The number of nitrogens with zero attached hydrogens (tertiary/aromatic N) is 7. The van der Waals surface area contributed by atoms with Crippen molar-refractivity contribution in [3.8, 4) is 0 Å². The minimum atomic E-state index is -5.06. The van der Waals surface area contributed by atoms with Crippen LogP contribution in [0.4, 0.5) is 51.1 Å². The van der Waals surface area contributed by atoms with E-state index in [9.17, 15) is 39.5 Å². The number of aromatic nitrogens is 4. The fraction of sp³-hybridized carbons (Fsp3) is 0.581. The Morgan fingerprint density at radius 1 is 0.809 bits per heavy atom. The number of benzene rings is 2. The second-order valence-electron chi connectivity index (χ2n) is 12.6. The number of fused-ring (bicyclic) bond motifs is 1. The van der Waals surface area contributed by atoms with Gasteiger partial charge in [-0.2, -0.15) is 44.3 Å². The topological polar surface area (TPSA) is 53.3 Å². The molecule has 1 atom stereocenters. The van der Waals surface area contributed by atoms with Crippen molar-refractivity contribution in [2.45, 2.75) is 70.6 Å². The van der Waals surface area contributed by atoms with Crippen molar-refractivity contribution in [2.24, 2.45) is 13.0 Å². The molecule has 0 spiro atoms. The van der Waals surface area contributed by atoms with Crippen LogP contribution in [0.5, 0.6) is 0 Å². The first kappa shape index (κ1) is 34.8. The highest BCUT2D eigenvalue weighted by atomic mass is 19.4. The van der Waals surface area contributed by atoms with Crippen molar-refractivity contribution in [1.82, 2.24) is 25.1 Å². The molecular formula is C31H36F9N7. The third-order valence-electron chi connectivity index (χ3n) is 9.08. The van der Waals surface area contributed by atoms with E-state index in [1.54, 1.807) is 0 Å². The van der Waals surface area contributed by atoms with Crippen LogP contribution < -0.4 is 9.80 Å². The van der Waals surface area contributed by atoms with E-state index in [0.717, 1.165) is 30.7 Å². The molecule has 5 rings (SSSR count). The van der Waals surface area contributed by atoms with Crippen LogP contribution >= 0.6 is 0 Å². The van der Waals surface area contributed by atoms with Crippen LogP contribution in [-0.4, -0.2) is 58.3 Å². The van der Waals surface area contributed by atoms with E-state index in [0.29, 0.717) is 49.3 Å². The quantitative estimate of drug-likeness (QED) is 0.251. The number of rotatable bonds is 6. The maximum Gasteiger partial charge on any atom is 0.416 e. The van der Waals surface area contributed by atoms with Crippen molar-refractivity contribution in [2.75, 3.05) is 43.0 Å². The standard InChI is InChI=1S/C31H36F9N7/c1-18-12-24-25(6-5-9-46(16-20-7-10-44(3)11-8-20)27(24)19(2)26(18)31(38,39)40)47(28-41-43-45(4)42-28)17-21-13-22(29(32,33)34)15-23(14-21)30(35,36)37/h12-15,20,25H,5-11,16-17H2,1-4H3/t25-/m0/s1. The molecule has 1 aromatic heterocycles. The van der Waals surface area contributed by atoms with E-state index in [1.807, 2.05) is 11.9 Å². The lowest BCUT2D eigenvalue weighted by Crippen LogP contribution is -2.38. The SMILES string of the molecule is Cc1cc2c(c(C)c1C(F)(F)F)N(CC1CCN(C)CC1)CCC[C@@H]2N(Cc1cc(C(F)(F)F)cc(C(F)(F)F)c1)c1nnn(C)n1. The first-order valence-corrected chi connectivity index (χ1v) is 15.3. The third-order valence-corrected chi connectivity index (χ3v) is 9.08. The molecule has 2 aliphatic rings. The summed E-state index contributed by atoms with van der Waals surface area (Å²) in [7, 11) is 3.47. The number of hydrogen-bond acceptors (Lipinski definition) is 6. The molecule has 3 aromatic rings. The first-order chi connectivity index (χ1) is 21.8. The Balaban J connectivity index is 1.66. The predicted octanol–water partition coefficient (Wildman–Crippen LogP) is 7.57. The number of tetrazole rings is 1. The second kappa shape index (κ2) is 12.8. The average Bonchev–Trinajstić information content (AvgIpc) is 3.30. The Bertz CT molecular complexity index is 1540. The summed E-state index contributed by atoms with van der Waals surface area (Å²) in [6.45, 7) is 4.94. The van der Waals surface area contributed by atoms with Gasteiger partial charge in [-0.15, -0.1) is 5.10 Å². The zero-order valence-electron chi connectivity index (χ0n) is 26.4. The van der Waals surface area contributed by atoms with Crippen LogP contribution in [0, 0.1) is 19.8 Å². The molecule has 1 fully saturated rings. The highest BCUT2D eigenvalue weighted by Gasteiger charge is 2.41. The van der Waals surface area contributed by atoms with E-state index >= 15 is 0 Å². The monoisotopic (exact) mass is 677 g/mol. The van der Waals surface area contributed by atoms with Crippen molar-refractivity contribution < 1.29 is 39.5 Å². The number of anilines is 2. The molecule has 0 aliphatic carbocycles. The molecule has 0 saturated carbocycles. The minimum absolute atomic E-state index is 0.0257. The highest BCUT2D eigenvalue weighted by molar-refractivity contribution is 5.67. The van der Waals surface area contributed by atoms with Gasteiger partial charge in [0.25, 0.3) is 5.95 Å². The molecule has 7 nitrogen and oxygen atoms in total. The molecule has 2 aromatic carbocycles. The van der Waals surface area contributed by atoms with Crippen molar-refractivity contribution >= 4 is 11.6 Å². The maximum atomic E-state index is 14.4. The number of hydrogen-bond donors (Lipinski definition) is 0. The number of aryl methyl sites for hydroxylation is 2. The van der Waals surface area contributed by atoms with Gasteiger partial charge in [-0.1, -0.05) is 11.2 Å². The molecule has 0 N–H and O–H groups in total. The zero-order chi connectivity index (χ0) is 34.5. The lowest BCUT2D eigenvalue weighted by molar-refractivity contribution is -0.143. The lowest BCUT2D eigenvalue weighted by atomic mass is 9.90. The summed E-state index contributed by atoms with van der Waals surface area (Å²) in [5, 5.41) is 12.1. The van der Waals surface area contributed by atoms with Crippen LogP contribution in [-0.2, 0) is 32.1 Å². The Morgan fingerprint density at radius 3 is 1.96 bits per heavy atom. The third kappa shape index (κ3) is 7.62. The number of halogens is 9. The van der Waals surface area contributed by atoms with Crippen LogP contribution in [0.3, 0.4) is 0 Å². The fourth-order valence-electron chi connectivity index (χ4n) is 6.94. The van der Waals surface area contributed by atoms with Crippen molar-refractivity contribution in [3.05, 3.63) is 63.2 Å². The van der Waals surface area contributed by atoms with Gasteiger partial charge in [0.05, 0.1) is 29.8 Å². The summed E-state index contributed by atoms with van der Waals surface area (Å²) < 4.78 is 126. The highest BCUT2D eigenvalue weighted by Crippen LogP contribution is 2.47. The van der Waals surface area contributed by atoms with E-state index in [1.165, 1.54) is 31.9 Å². The number of likely N-dealkylation sites (tertiary alicyclic amines) is 1. The van der Waals surface area contributed by atoms with Crippen LogP contribution in [0.1, 0.15) is 70.7 Å². The van der Waals surface area contributed by atoms with Crippen molar-refractivity contribution in [1.29, 1.82) is 0 Å². The fourth-order valence-corrected chi connectivity index (χ4v) is 6.94. The first-order valence-electron chi connectivity index (χ1n) is 15.3. The number of alkyl halides is 9. The average molecular weight is 678 g/mol. The summed E-state index contributed by atoms with van der Waals surface area (Å²) in [6, 6.07) is 2.00. The normalized spacial score (nSPS) is 18.7. The Labute approximate surface area is 266 Å². The van der Waals surface area contributed by atoms with Gasteiger partial charge < -0.3 is 14.7 Å². The van der Waals surface area contributed by atoms with Gasteiger partial charge in [-0.3, -0.25) is 0 Å². The molecule has 258 valence electrons. The molecule has 47 heavy (non-hydrogen) atoms. The van der Waals surface area contributed by atoms with Crippen LogP contribution in [0.25, 0.3) is 0 Å². The Hall–Kier alpha value is -3.56. The second-order valence-corrected chi connectivity index (χ2v) is 12.6. The largest absolute Gasteiger partial charge is 0.416 e. The zero-order valence-corrected chi connectivity index (χ0v) is 26.4. The van der Waals surface area contributed by atoms with E-state index in [2.05, 4.69) is 20.3 Å². The Morgan fingerprint density at radius 2 is 1.43 bits per heavy atom. The van der Waals surface area contributed by atoms with Gasteiger partial charge >= 0.3 is 18.5 Å². The molecule has 0 bridgehead atoms. The van der Waals surface area contributed by atoms with Crippen LogP contribution in [0.2, 0.25) is 0 Å². The van der Waals surface area contributed by atoms with Gasteiger partial charge in [0.2, 0.25) is 0 Å². The summed E-state index contributed by atoms with van der Waals surface area (Å²) in [5.74, 6) is 0.155. The molecule has 16 heteroatoms. The molecule has 0 amide bonds. The van der Waals surface area contributed by atoms with Gasteiger partial charge in [-0.25, -0.2) is 0 Å². The van der Waals surface area contributed by atoms with E-state index < -0.39 is 47.8 Å². The molecule has 0 unspecified atom stereocenters. The maximum absolute atomic E-state index is 14.4. The predicted molar refractivity (Wildman–Crippen MR) is 157 cm³/mol. The Kier molecular flexibility index (Phi) is 9.47. The minimum Gasteiger partial charge on any atom is -0.371 e. The van der Waals surface area contributed by atoms with Gasteiger partial charge in [0, 0.05) is 25.3 Å². The van der Waals surface area contributed by atoms with Crippen LogP contribution in [0.15, 0.2) is 24.3 Å². The summed E-state index contributed by atoms with van der Waals surface area (Å²) in [5.41, 5.74) is -3.17. The summed E-state index contributed by atoms with van der Waals surface area (Å²) in [4.78, 5) is 6.72.